The highest BCUT2D eigenvalue weighted by Crippen LogP contribution is 2.32. The molecule has 0 aliphatic carbocycles. The maximum Gasteiger partial charge on any atom is 0.255 e. The Bertz CT molecular complexity index is 1080. The number of halogens is 1. The van der Waals surface area contributed by atoms with E-state index < -0.39 is 17.8 Å². The smallest absolute Gasteiger partial charge is 0.255 e. The van der Waals surface area contributed by atoms with Gasteiger partial charge in [0.1, 0.15) is 17.9 Å². The number of imide groups is 1. The summed E-state index contributed by atoms with van der Waals surface area (Å²) in [6.45, 7) is 0.370. The van der Waals surface area contributed by atoms with Crippen LogP contribution in [0.3, 0.4) is 0 Å². The van der Waals surface area contributed by atoms with E-state index in [2.05, 4.69) is 10.6 Å². The zero-order valence-electron chi connectivity index (χ0n) is 15.4. The molecule has 2 aliphatic heterocycles. The van der Waals surface area contributed by atoms with E-state index >= 15 is 0 Å². The van der Waals surface area contributed by atoms with Crippen molar-refractivity contribution in [3.05, 3.63) is 64.5 Å². The molecular weight excluding hydrogens is 375 g/mol. The highest BCUT2D eigenvalue weighted by molar-refractivity contribution is 6.06. The molecule has 0 spiro atoms. The van der Waals surface area contributed by atoms with E-state index in [1.54, 1.807) is 30.3 Å². The summed E-state index contributed by atoms with van der Waals surface area (Å²) in [5, 5.41) is 14.4. The van der Waals surface area contributed by atoms with E-state index in [1.165, 1.54) is 11.0 Å². The number of benzene rings is 2. The number of nitriles is 1. The van der Waals surface area contributed by atoms with E-state index in [1.807, 2.05) is 6.07 Å². The zero-order valence-corrected chi connectivity index (χ0v) is 15.4. The van der Waals surface area contributed by atoms with Gasteiger partial charge in [0.05, 0.1) is 5.56 Å². The average Bonchev–Trinajstić information content (AvgIpc) is 3.04. The fourth-order valence-electron chi connectivity index (χ4n) is 3.74. The van der Waals surface area contributed by atoms with Crippen LogP contribution in [-0.2, 0) is 22.7 Å². The van der Waals surface area contributed by atoms with Gasteiger partial charge in [-0.25, -0.2) is 4.39 Å². The highest BCUT2D eigenvalue weighted by atomic mass is 19.1. The molecule has 0 saturated carbocycles. The first-order chi connectivity index (χ1) is 14.0. The second-order valence-electron chi connectivity index (χ2n) is 6.98. The summed E-state index contributed by atoms with van der Waals surface area (Å²) in [4.78, 5) is 37.8. The monoisotopic (exact) mass is 392 g/mol. The number of hydrogen-bond donors (Lipinski definition) is 2. The molecular formula is C21H17FN4O3. The average molecular weight is 392 g/mol. The highest BCUT2D eigenvalue weighted by Gasteiger charge is 2.39. The number of carbonyl (C=O) groups is 3. The lowest BCUT2D eigenvalue weighted by Gasteiger charge is -2.29. The van der Waals surface area contributed by atoms with Crippen molar-refractivity contribution < 1.29 is 18.8 Å². The minimum absolute atomic E-state index is 0.0261. The lowest BCUT2D eigenvalue weighted by atomic mass is 10.0. The third-order valence-corrected chi connectivity index (χ3v) is 5.25. The molecule has 4 rings (SSSR count). The normalized spacial score (nSPS) is 18.3. The summed E-state index contributed by atoms with van der Waals surface area (Å²) < 4.78 is 14.3. The Kier molecular flexibility index (Phi) is 4.72. The summed E-state index contributed by atoms with van der Waals surface area (Å²) in [5.41, 5.74) is 2.17. The van der Waals surface area contributed by atoms with Crippen LogP contribution in [0.5, 0.6) is 0 Å². The maximum absolute atomic E-state index is 14.3. The van der Waals surface area contributed by atoms with Gasteiger partial charge in [0.25, 0.3) is 5.91 Å². The Morgan fingerprint density at radius 1 is 1.21 bits per heavy atom. The van der Waals surface area contributed by atoms with Crippen LogP contribution in [-0.4, -0.2) is 28.7 Å². The lowest BCUT2D eigenvalue weighted by molar-refractivity contribution is -0.136. The molecule has 146 valence electrons. The number of amides is 3. The SMILES string of the molecule is N#Cc1cccc(CNc2cccc3c2CN([C@H]2CCC(=O)NC2=O)C3=O)c1F. The van der Waals surface area contributed by atoms with Gasteiger partial charge < -0.3 is 10.2 Å². The van der Waals surface area contributed by atoms with Crippen molar-refractivity contribution in [2.45, 2.75) is 32.0 Å². The van der Waals surface area contributed by atoms with Crippen LogP contribution < -0.4 is 10.6 Å². The number of piperidine rings is 1. The first kappa shape index (κ1) is 18.6. The Morgan fingerprint density at radius 2 is 2.00 bits per heavy atom. The number of anilines is 1. The Morgan fingerprint density at radius 3 is 2.76 bits per heavy atom. The molecule has 29 heavy (non-hydrogen) atoms. The van der Waals surface area contributed by atoms with Crippen LogP contribution in [0.25, 0.3) is 0 Å². The molecule has 0 bridgehead atoms. The first-order valence-corrected chi connectivity index (χ1v) is 9.17. The molecule has 3 amide bonds. The largest absolute Gasteiger partial charge is 0.381 e. The van der Waals surface area contributed by atoms with Crippen molar-refractivity contribution in [3.63, 3.8) is 0 Å². The van der Waals surface area contributed by atoms with E-state index in [-0.39, 0.29) is 36.9 Å². The quantitative estimate of drug-likeness (QED) is 0.776. The minimum atomic E-state index is -0.690. The second-order valence-corrected chi connectivity index (χ2v) is 6.98. The zero-order chi connectivity index (χ0) is 20.5. The predicted octanol–water partition coefficient (Wildman–Crippen LogP) is 2.07. The number of carbonyl (C=O) groups excluding carboxylic acids is 3. The second kappa shape index (κ2) is 7.36. The maximum atomic E-state index is 14.3. The molecule has 2 aromatic carbocycles. The van der Waals surface area contributed by atoms with Gasteiger partial charge >= 0.3 is 0 Å². The van der Waals surface area contributed by atoms with E-state index in [9.17, 15) is 18.8 Å². The van der Waals surface area contributed by atoms with E-state index in [0.29, 0.717) is 23.2 Å². The van der Waals surface area contributed by atoms with Gasteiger partial charge in [-0.1, -0.05) is 18.2 Å². The number of rotatable bonds is 4. The minimum Gasteiger partial charge on any atom is -0.381 e. The predicted molar refractivity (Wildman–Crippen MR) is 101 cm³/mol. The third-order valence-electron chi connectivity index (χ3n) is 5.25. The molecule has 0 radical (unpaired) electrons. The van der Waals surface area contributed by atoms with E-state index in [0.717, 1.165) is 5.56 Å². The van der Waals surface area contributed by atoms with Crippen molar-refractivity contribution in [2.24, 2.45) is 0 Å². The third kappa shape index (κ3) is 3.31. The van der Waals surface area contributed by atoms with Crippen LogP contribution in [0.1, 0.15) is 39.9 Å². The Balaban J connectivity index is 1.55. The summed E-state index contributed by atoms with van der Waals surface area (Å²) in [5.74, 6) is -1.64. The summed E-state index contributed by atoms with van der Waals surface area (Å²) >= 11 is 0. The van der Waals surface area contributed by atoms with Crippen LogP contribution in [0, 0.1) is 17.1 Å². The summed E-state index contributed by atoms with van der Waals surface area (Å²) in [7, 11) is 0. The lowest BCUT2D eigenvalue weighted by Crippen LogP contribution is -2.52. The molecule has 0 unspecified atom stereocenters. The van der Waals surface area contributed by atoms with E-state index in [4.69, 9.17) is 5.26 Å². The fourth-order valence-corrected chi connectivity index (χ4v) is 3.74. The van der Waals surface area contributed by atoms with Gasteiger partial charge in [0.2, 0.25) is 11.8 Å². The molecule has 2 N–H and O–H groups in total. The molecule has 2 heterocycles. The molecule has 0 aromatic heterocycles. The van der Waals surface area contributed by atoms with Gasteiger partial charge in [-0.2, -0.15) is 5.26 Å². The topological polar surface area (TPSA) is 102 Å². The van der Waals surface area contributed by atoms with Crippen molar-refractivity contribution in [1.82, 2.24) is 10.2 Å². The van der Waals surface area contributed by atoms with Gasteiger partial charge in [0.15, 0.2) is 0 Å². The van der Waals surface area contributed by atoms with Gasteiger partial charge in [-0.05, 0) is 24.6 Å². The first-order valence-electron chi connectivity index (χ1n) is 9.17. The summed E-state index contributed by atoms with van der Waals surface area (Å²) in [6, 6.07) is 10.9. The number of fused-ring (bicyclic) bond motifs is 1. The number of nitrogens with zero attached hydrogens (tertiary/aromatic N) is 2. The standard InChI is InChI=1S/C21H17FN4O3/c22-19-12(9-23)3-1-4-13(19)10-24-16-6-2-5-14-15(16)11-26(21(14)29)17-7-8-18(27)25-20(17)28/h1-6,17,24H,7-8,10-11H2,(H,25,27,28)/t17-/m0/s1. The molecule has 1 fully saturated rings. The van der Waals surface area contributed by atoms with Crippen LogP contribution in [0.15, 0.2) is 36.4 Å². The molecule has 8 heteroatoms. The number of nitrogens with one attached hydrogen (secondary N) is 2. The van der Waals surface area contributed by atoms with Crippen LogP contribution in [0.2, 0.25) is 0 Å². The van der Waals surface area contributed by atoms with Crippen LogP contribution >= 0.6 is 0 Å². The van der Waals surface area contributed by atoms with Crippen LogP contribution in [0.4, 0.5) is 10.1 Å². The van der Waals surface area contributed by atoms with Crippen molar-refractivity contribution in [1.29, 1.82) is 5.26 Å². The molecule has 1 saturated heterocycles. The van der Waals surface area contributed by atoms with Crippen molar-refractivity contribution in [3.8, 4) is 6.07 Å². The molecule has 2 aliphatic rings. The van der Waals surface area contributed by atoms with Crippen molar-refractivity contribution >= 4 is 23.4 Å². The number of hydrogen-bond acceptors (Lipinski definition) is 5. The van der Waals surface area contributed by atoms with Crippen molar-refractivity contribution in [2.75, 3.05) is 5.32 Å². The molecule has 1 atom stereocenters. The molecule has 7 nitrogen and oxygen atoms in total. The Labute approximate surface area is 166 Å². The van der Waals surface area contributed by atoms with Gasteiger partial charge in [-0.3, -0.25) is 19.7 Å². The fraction of sp³-hybridized carbons (Fsp3) is 0.238. The Hall–Kier alpha value is -3.73. The van der Waals surface area contributed by atoms with Gasteiger partial charge in [-0.15, -0.1) is 0 Å². The molecule has 2 aromatic rings. The summed E-state index contributed by atoms with van der Waals surface area (Å²) in [6.07, 6.45) is 0.482. The van der Waals surface area contributed by atoms with Gasteiger partial charge in [0, 0.05) is 41.9 Å².